The van der Waals surface area contributed by atoms with Crippen molar-refractivity contribution in [3.8, 4) is 5.88 Å². The fraction of sp³-hybridized carbons (Fsp3) is 0.483. The summed E-state index contributed by atoms with van der Waals surface area (Å²) in [4.78, 5) is 47.7. The molecule has 5 atom stereocenters. The molecule has 0 unspecified atom stereocenters. The van der Waals surface area contributed by atoms with Crippen LogP contribution in [0.1, 0.15) is 63.9 Å². The van der Waals surface area contributed by atoms with E-state index in [9.17, 15) is 19.2 Å². The van der Waals surface area contributed by atoms with Gasteiger partial charge in [0.05, 0.1) is 0 Å². The summed E-state index contributed by atoms with van der Waals surface area (Å²) in [6.07, 6.45) is -3.95. The Labute approximate surface area is 238 Å². The second kappa shape index (κ2) is 13.9. The number of esters is 4. The first-order valence-electron chi connectivity index (χ1n) is 13.1. The van der Waals surface area contributed by atoms with E-state index in [1.807, 2.05) is 45.0 Å². The summed E-state index contributed by atoms with van der Waals surface area (Å²) in [5, 5.41) is 7.17. The number of rotatable bonds is 10. The summed E-state index contributed by atoms with van der Waals surface area (Å²) in [6, 6.07) is 8.02. The van der Waals surface area contributed by atoms with E-state index in [0.717, 1.165) is 37.6 Å². The molecule has 0 amide bonds. The first kappa shape index (κ1) is 31.3. The molecule has 1 saturated heterocycles. The van der Waals surface area contributed by atoms with Crippen LogP contribution in [0.15, 0.2) is 29.8 Å². The van der Waals surface area contributed by atoms with Crippen LogP contribution >= 0.6 is 0 Å². The highest BCUT2D eigenvalue weighted by Crippen LogP contribution is 2.32. The number of benzene rings is 1. The summed E-state index contributed by atoms with van der Waals surface area (Å²) in [7, 11) is 0. The maximum atomic E-state index is 12.1. The van der Waals surface area contributed by atoms with Crippen molar-refractivity contribution in [1.29, 1.82) is 0 Å². The lowest BCUT2D eigenvalue weighted by Crippen LogP contribution is -2.63. The molecule has 1 aromatic heterocycles. The molecule has 2 aromatic rings. The Morgan fingerprint density at radius 3 is 2.00 bits per heavy atom. The Morgan fingerprint density at radius 1 is 0.854 bits per heavy atom. The van der Waals surface area contributed by atoms with E-state index in [2.05, 4.69) is 16.3 Å². The highest BCUT2D eigenvalue weighted by Gasteiger charge is 2.53. The summed E-state index contributed by atoms with van der Waals surface area (Å²) in [5.41, 5.74) is 4.70. The summed E-state index contributed by atoms with van der Waals surface area (Å²) >= 11 is 0. The SMILES string of the molecule is CC(=O)OC[C@H]1O[C@@H](Oc2n[nH]c(C)c2Cc2ccc(C=C(C)C)cc2)[C@H](OC(C)=O)[C@@H](OC(C)=O)[C@@H]1OC(C)=O. The molecule has 0 saturated carbocycles. The molecule has 0 radical (unpaired) electrons. The minimum absolute atomic E-state index is 0.164. The van der Waals surface area contributed by atoms with E-state index >= 15 is 0 Å². The largest absolute Gasteiger partial charge is 0.463 e. The molecule has 41 heavy (non-hydrogen) atoms. The first-order valence-corrected chi connectivity index (χ1v) is 13.1. The Morgan fingerprint density at radius 2 is 1.44 bits per heavy atom. The lowest BCUT2D eigenvalue weighted by molar-refractivity contribution is -0.289. The minimum Gasteiger partial charge on any atom is -0.463 e. The van der Waals surface area contributed by atoms with Crippen molar-refractivity contribution < 1.29 is 47.6 Å². The van der Waals surface area contributed by atoms with Crippen molar-refractivity contribution >= 4 is 30.0 Å². The molecule has 12 heteroatoms. The molecule has 1 N–H and O–H groups in total. The lowest BCUT2D eigenvalue weighted by atomic mass is 9.98. The van der Waals surface area contributed by atoms with Gasteiger partial charge >= 0.3 is 23.9 Å². The zero-order valence-corrected chi connectivity index (χ0v) is 24.2. The normalized spacial score (nSPS) is 21.8. The third-order valence-electron chi connectivity index (χ3n) is 6.03. The molecule has 3 rings (SSSR count). The number of carbonyl (C=O) groups excluding carboxylic acids is 4. The lowest BCUT2D eigenvalue weighted by Gasteiger charge is -2.43. The second-order valence-corrected chi connectivity index (χ2v) is 9.96. The highest BCUT2D eigenvalue weighted by molar-refractivity contribution is 5.68. The molecule has 0 bridgehead atoms. The molecule has 222 valence electrons. The number of hydrogen-bond donors (Lipinski definition) is 1. The van der Waals surface area contributed by atoms with Gasteiger partial charge in [0.25, 0.3) is 0 Å². The number of H-pyrrole nitrogens is 1. The number of ether oxygens (including phenoxy) is 6. The smallest absolute Gasteiger partial charge is 0.303 e. The molecule has 0 spiro atoms. The van der Waals surface area contributed by atoms with Crippen LogP contribution in [0, 0.1) is 6.92 Å². The quantitative estimate of drug-likeness (QED) is 0.330. The predicted octanol–water partition coefficient (Wildman–Crippen LogP) is 3.19. The summed E-state index contributed by atoms with van der Waals surface area (Å²) in [5.74, 6) is -2.62. The van der Waals surface area contributed by atoms with Crippen LogP contribution in [-0.4, -0.2) is 71.4 Å². The van der Waals surface area contributed by atoms with E-state index in [0.29, 0.717) is 12.0 Å². The fourth-order valence-electron chi connectivity index (χ4n) is 4.40. The molecular weight excluding hydrogens is 536 g/mol. The maximum Gasteiger partial charge on any atom is 0.303 e. The third-order valence-corrected chi connectivity index (χ3v) is 6.03. The van der Waals surface area contributed by atoms with Gasteiger partial charge in [-0.05, 0) is 31.9 Å². The highest BCUT2D eigenvalue weighted by atomic mass is 16.7. The number of aromatic nitrogens is 2. The number of allylic oxidation sites excluding steroid dienone is 1. The molecular formula is C29H36N2O10. The molecule has 1 aromatic carbocycles. The van der Waals surface area contributed by atoms with Gasteiger partial charge in [0, 0.05) is 45.4 Å². The topological polar surface area (TPSA) is 152 Å². The first-order chi connectivity index (χ1) is 19.3. The van der Waals surface area contributed by atoms with Gasteiger partial charge in [-0.1, -0.05) is 35.9 Å². The van der Waals surface area contributed by atoms with Gasteiger partial charge in [-0.25, -0.2) is 0 Å². The molecule has 12 nitrogen and oxygen atoms in total. The Kier molecular flexibility index (Phi) is 10.6. The van der Waals surface area contributed by atoms with E-state index in [1.54, 1.807) is 0 Å². The molecule has 0 aliphatic carbocycles. The van der Waals surface area contributed by atoms with Gasteiger partial charge in [0.15, 0.2) is 12.2 Å². The standard InChI is InChI=1S/C29H36N2O10/c1-15(2)12-21-8-10-22(11-9-21)13-23-16(3)30-31-28(23)41-29-27(39-20(7)35)26(38-19(6)34)25(37-18(5)33)24(40-29)14-36-17(4)32/h8-12,24-27,29H,13-14H2,1-7H3,(H,30,31)/t24-,25-,26+,27-,29+/m1/s1. The molecule has 1 aliphatic heterocycles. The van der Waals surface area contributed by atoms with Crippen molar-refractivity contribution in [3.63, 3.8) is 0 Å². The molecule has 2 heterocycles. The van der Waals surface area contributed by atoms with E-state index in [1.165, 1.54) is 12.5 Å². The van der Waals surface area contributed by atoms with Crippen molar-refractivity contribution in [3.05, 3.63) is 52.2 Å². The van der Waals surface area contributed by atoms with Crippen molar-refractivity contribution in [1.82, 2.24) is 10.2 Å². The van der Waals surface area contributed by atoms with Gasteiger partial charge in [-0.15, -0.1) is 5.10 Å². The molecule has 1 fully saturated rings. The Bertz CT molecular complexity index is 1280. The van der Waals surface area contributed by atoms with Crippen LogP contribution in [0.3, 0.4) is 0 Å². The van der Waals surface area contributed by atoms with Crippen LogP contribution in [0.2, 0.25) is 0 Å². The maximum absolute atomic E-state index is 12.1. The van der Waals surface area contributed by atoms with E-state index in [-0.39, 0.29) is 12.5 Å². The molecule has 1 aliphatic rings. The van der Waals surface area contributed by atoms with Crippen LogP contribution in [0.4, 0.5) is 0 Å². The van der Waals surface area contributed by atoms with E-state index in [4.69, 9.17) is 28.4 Å². The minimum atomic E-state index is -1.38. The van der Waals surface area contributed by atoms with E-state index < -0.39 is 54.6 Å². The van der Waals surface area contributed by atoms with Crippen molar-refractivity contribution in [2.45, 2.75) is 85.6 Å². The number of nitrogens with zero attached hydrogens (tertiary/aromatic N) is 1. The Balaban J connectivity index is 1.96. The van der Waals surface area contributed by atoms with Crippen molar-refractivity contribution in [2.75, 3.05) is 6.61 Å². The average molecular weight is 573 g/mol. The number of carbonyl (C=O) groups is 4. The van der Waals surface area contributed by atoms with Crippen LogP contribution in [0.5, 0.6) is 5.88 Å². The average Bonchev–Trinajstić information content (AvgIpc) is 3.20. The zero-order chi connectivity index (χ0) is 30.3. The monoisotopic (exact) mass is 572 g/mol. The van der Waals surface area contributed by atoms with Gasteiger partial charge in [-0.2, -0.15) is 0 Å². The van der Waals surface area contributed by atoms with Gasteiger partial charge < -0.3 is 28.4 Å². The van der Waals surface area contributed by atoms with Crippen LogP contribution in [0.25, 0.3) is 6.08 Å². The predicted molar refractivity (Wildman–Crippen MR) is 144 cm³/mol. The second-order valence-electron chi connectivity index (χ2n) is 9.96. The van der Waals surface area contributed by atoms with Crippen LogP contribution in [-0.2, 0) is 49.3 Å². The fourth-order valence-corrected chi connectivity index (χ4v) is 4.40. The van der Waals surface area contributed by atoms with Gasteiger partial charge in [0.2, 0.25) is 18.3 Å². The number of hydrogen-bond acceptors (Lipinski definition) is 11. The zero-order valence-electron chi connectivity index (χ0n) is 24.2. The van der Waals surface area contributed by atoms with Gasteiger partial charge in [-0.3, -0.25) is 24.3 Å². The third kappa shape index (κ3) is 8.90. The van der Waals surface area contributed by atoms with Gasteiger partial charge in [0.1, 0.15) is 12.7 Å². The van der Waals surface area contributed by atoms with Crippen LogP contribution < -0.4 is 4.74 Å². The van der Waals surface area contributed by atoms with Crippen molar-refractivity contribution in [2.24, 2.45) is 0 Å². The summed E-state index contributed by atoms with van der Waals surface area (Å²) in [6.45, 7) is 10.2. The Hall–Kier alpha value is -4.19. The summed E-state index contributed by atoms with van der Waals surface area (Å²) < 4.78 is 33.6. The number of nitrogens with one attached hydrogen (secondary N) is 1. The number of aryl methyl sites for hydroxylation is 1. The number of aromatic amines is 1.